The molecule has 10 heteroatoms. The Morgan fingerprint density at radius 1 is 1.21 bits per heavy atom. The number of amides is 2. The molecule has 1 aliphatic rings. The highest BCUT2D eigenvalue weighted by molar-refractivity contribution is 7.99. The van der Waals surface area contributed by atoms with Gasteiger partial charge >= 0.3 is 0 Å². The molecule has 4 rings (SSSR count). The number of anilines is 2. The van der Waals surface area contributed by atoms with Gasteiger partial charge in [-0.2, -0.15) is 0 Å². The van der Waals surface area contributed by atoms with Crippen molar-refractivity contribution < 1.29 is 9.59 Å². The molecular formula is C18H19N5O2S3. The van der Waals surface area contributed by atoms with Crippen LogP contribution < -0.4 is 16.8 Å². The third-order valence-corrected chi connectivity index (χ3v) is 7.94. The van der Waals surface area contributed by atoms with Crippen molar-refractivity contribution in [2.24, 2.45) is 5.73 Å². The van der Waals surface area contributed by atoms with Crippen LogP contribution in [0.3, 0.4) is 0 Å². The van der Waals surface area contributed by atoms with Gasteiger partial charge in [0, 0.05) is 9.75 Å². The Labute approximate surface area is 173 Å². The van der Waals surface area contributed by atoms with Crippen LogP contribution in [0.4, 0.5) is 10.8 Å². The van der Waals surface area contributed by atoms with Gasteiger partial charge in [-0.1, -0.05) is 11.8 Å². The summed E-state index contributed by atoms with van der Waals surface area (Å²) >= 11 is 4.23. The first-order valence-corrected chi connectivity index (χ1v) is 11.4. The zero-order valence-electron chi connectivity index (χ0n) is 15.4. The number of hydrogen-bond acceptors (Lipinski definition) is 8. The Hall–Kier alpha value is -2.17. The lowest BCUT2D eigenvalue weighted by atomic mass is 10.1. The number of thioether (sulfide) groups is 1. The average molecular weight is 434 g/mol. The maximum atomic E-state index is 12.4. The second-order valence-electron chi connectivity index (χ2n) is 6.62. The Bertz CT molecular complexity index is 1120. The number of aryl methyl sites for hydroxylation is 3. The first-order chi connectivity index (χ1) is 13.3. The van der Waals surface area contributed by atoms with Gasteiger partial charge in [0.25, 0.3) is 5.91 Å². The highest BCUT2D eigenvalue weighted by Gasteiger charge is 2.26. The zero-order valence-corrected chi connectivity index (χ0v) is 17.9. The highest BCUT2D eigenvalue weighted by atomic mass is 32.2. The standard InChI is InChI=1S/C18H19N5O2S3/c1-7-8(2)27-16-12(7)14(19)22-18(23-16)26-6-11(24)21-17-13(15(20)25)9-4-3-5-10(9)28-17/h3-6H2,1-2H3,(H2,20,25)(H,21,24)(H2,19,22,23). The molecule has 28 heavy (non-hydrogen) atoms. The Morgan fingerprint density at radius 3 is 2.75 bits per heavy atom. The molecule has 0 radical (unpaired) electrons. The smallest absolute Gasteiger partial charge is 0.251 e. The van der Waals surface area contributed by atoms with Crippen LogP contribution in [-0.4, -0.2) is 27.5 Å². The van der Waals surface area contributed by atoms with E-state index in [0.717, 1.165) is 50.4 Å². The second kappa shape index (κ2) is 7.34. The van der Waals surface area contributed by atoms with Crippen molar-refractivity contribution in [2.45, 2.75) is 38.3 Å². The summed E-state index contributed by atoms with van der Waals surface area (Å²) in [6, 6.07) is 0. The summed E-state index contributed by atoms with van der Waals surface area (Å²) in [6.45, 7) is 4.03. The van der Waals surface area contributed by atoms with Gasteiger partial charge in [-0.3, -0.25) is 9.59 Å². The third-order valence-electron chi connectivity index (χ3n) is 4.79. The molecule has 2 amide bonds. The quantitative estimate of drug-likeness (QED) is 0.419. The number of aromatic nitrogens is 2. The zero-order chi connectivity index (χ0) is 20.0. The van der Waals surface area contributed by atoms with E-state index in [1.807, 2.05) is 13.8 Å². The van der Waals surface area contributed by atoms with Gasteiger partial charge in [0.15, 0.2) is 5.16 Å². The molecule has 0 atom stereocenters. The molecule has 7 nitrogen and oxygen atoms in total. The molecule has 0 saturated carbocycles. The van der Waals surface area contributed by atoms with Crippen molar-refractivity contribution in [1.29, 1.82) is 0 Å². The fourth-order valence-electron chi connectivity index (χ4n) is 3.37. The number of nitrogens with zero attached hydrogens (tertiary/aromatic N) is 2. The molecule has 0 unspecified atom stereocenters. The predicted octanol–water partition coefficient (Wildman–Crippen LogP) is 3.27. The Balaban J connectivity index is 1.48. The average Bonchev–Trinajstić information content (AvgIpc) is 3.26. The SMILES string of the molecule is Cc1sc2nc(SCC(=O)Nc3sc4c(c3C(N)=O)CCC4)nc(N)c2c1C. The maximum Gasteiger partial charge on any atom is 0.251 e. The number of hydrogen-bond donors (Lipinski definition) is 3. The van der Waals surface area contributed by atoms with Gasteiger partial charge in [-0.25, -0.2) is 9.97 Å². The maximum absolute atomic E-state index is 12.4. The van der Waals surface area contributed by atoms with Crippen LogP contribution in [0.1, 0.15) is 37.7 Å². The normalized spacial score (nSPS) is 13.1. The van der Waals surface area contributed by atoms with E-state index in [2.05, 4.69) is 15.3 Å². The highest BCUT2D eigenvalue weighted by Crippen LogP contribution is 2.39. The molecule has 146 valence electrons. The van der Waals surface area contributed by atoms with Crippen molar-refractivity contribution in [1.82, 2.24) is 9.97 Å². The summed E-state index contributed by atoms with van der Waals surface area (Å²) in [5.41, 5.74) is 14.2. The molecule has 1 aliphatic carbocycles. The number of carbonyl (C=O) groups excluding carboxylic acids is 2. The molecule has 0 aromatic carbocycles. The molecule has 3 aromatic rings. The summed E-state index contributed by atoms with van der Waals surface area (Å²) in [4.78, 5) is 36.2. The predicted molar refractivity (Wildman–Crippen MR) is 116 cm³/mol. The van der Waals surface area contributed by atoms with Crippen LogP contribution >= 0.6 is 34.4 Å². The first-order valence-electron chi connectivity index (χ1n) is 8.75. The van der Waals surface area contributed by atoms with Crippen LogP contribution in [0.5, 0.6) is 0 Å². The van der Waals surface area contributed by atoms with Crippen molar-refractivity contribution >= 4 is 67.3 Å². The van der Waals surface area contributed by atoms with E-state index in [-0.39, 0.29) is 11.7 Å². The van der Waals surface area contributed by atoms with E-state index in [1.54, 1.807) is 11.3 Å². The minimum absolute atomic E-state index is 0.120. The monoisotopic (exact) mass is 433 g/mol. The number of fused-ring (bicyclic) bond motifs is 2. The lowest BCUT2D eigenvalue weighted by Crippen LogP contribution is -2.19. The molecule has 0 spiro atoms. The summed E-state index contributed by atoms with van der Waals surface area (Å²) in [5.74, 6) is -0.171. The van der Waals surface area contributed by atoms with Gasteiger partial charge in [0.2, 0.25) is 5.91 Å². The van der Waals surface area contributed by atoms with Gasteiger partial charge in [0.05, 0.1) is 16.7 Å². The van der Waals surface area contributed by atoms with Crippen LogP contribution in [-0.2, 0) is 17.6 Å². The number of nitrogen functional groups attached to an aromatic ring is 1. The molecule has 5 N–H and O–H groups in total. The van der Waals surface area contributed by atoms with Crippen LogP contribution in [0, 0.1) is 13.8 Å². The molecule has 0 aliphatic heterocycles. The molecule has 3 aromatic heterocycles. The Kier molecular flexibility index (Phi) is 5.02. The van der Waals surface area contributed by atoms with E-state index in [4.69, 9.17) is 11.5 Å². The van der Waals surface area contributed by atoms with Gasteiger partial charge < -0.3 is 16.8 Å². The lowest BCUT2D eigenvalue weighted by molar-refractivity contribution is -0.113. The Morgan fingerprint density at radius 2 is 2.00 bits per heavy atom. The van der Waals surface area contributed by atoms with E-state index in [0.29, 0.717) is 21.5 Å². The topological polar surface area (TPSA) is 124 Å². The fourth-order valence-corrected chi connectivity index (χ4v) is 6.43. The minimum atomic E-state index is -0.493. The number of thiophene rings is 2. The number of nitrogens with two attached hydrogens (primary N) is 2. The van der Waals surface area contributed by atoms with Crippen molar-refractivity contribution in [3.63, 3.8) is 0 Å². The first kappa shape index (κ1) is 19.2. The van der Waals surface area contributed by atoms with Gasteiger partial charge in [-0.15, -0.1) is 22.7 Å². The van der Waals surface area contributed by atoms with E-state index in [9.17, 15) is 9.59 Å². The van der Waals surface area contributed by atoms with E-state index in [1.165, 1.54) is 23.1 Å². The second-order valence-corrected chi connectivity index (χ2v) is 9.87. The number of primary amides is 1. The van der Waals surface area contributed by atoms with E-state index < -0.39 is 5.91 Å². The summed E-state index contributed by atoms with van der Waals surface area (Å²) in [7, 11) is 0. The van der Waals surface area contributed by atoms with E-state index >= 15 is 0 Å². The van der Waals surface area contributed by atoms with Crippen LogP contribution in [0.15, 0.2) is 5.16 Å². The van der Waals surface area contributed by atoms with Crippen molar-refractivity contribution in [2.75, 3.05) is 16.8 Å². The lowest BCUT2D eigenvalue weighted by Gasteiger charge is -2.06. The third kappa shape index (κ3) is 3.36. The number of nitrogens with one attached hydrogen (secondary N) is 1. The molecular weight excluding hydrogens is 414 g/mol. The number of carbonyl (C=O) groups is 2. The van der Waals surface area contributed by atoms with Crippen LogP contribution in [0.2, 0.25) is 0 Å². The minimum Gasteiger partial charge on any atom is -0.383 e. The molecule has 3 heterocycles. The summed E-state index contributed by atoms with van der Waals surface area (Å²) < 4.78 is 0. The van der Waals surface area contributed by atoms with Crippen molar-refractivity contribution in [3.8, 4) is 0 Å². The van der Waals surface area contributed by atoms with Crippen molar-refractivity contribution in [3.05, 3.63) is 26.4 Å². The number of rotatable bonds is 5. The van der Waals surface area contributed by atoms with Crippen LogP contribution in [0.25, 0.3) is 10.2 Å². The molecule has 0 saturated heterocycles. The summed E-state index contributed by atoms with van der Waals surface area (Å²) in [6.07, 6.45) is 2.79. The van der Waals surface area contributed by atoms with Gasteiger partial charge in [-0.05, 0) is 44.2 Å². The fraction of sp³-hybridized carbons (Fsp3) is 0.333. The largest absolute Gasteiger partial charge is 0.383 e. The molecule has 0 bridgehead atoms. The molecule has 0 fully saturated rings. The van der Waals surface area contributed by atoms with Gasteiger partial charge in [0.1, 0.15) is 15.6 Å². The summed E-state index contributed by atoms with van der Waals surface area (Å²) in [5, 5.41) is 4.72.